The van der Waals surface area contributed by atoms with E-state index < -0.39 is 4.92 Å². The van der Waals surface area contributed by atoms with Gasteiger partial charge in [0.2, 0.25) is 0 Å². The largest absolute Gasteiger partial charge is 0.377 e. The van der Waals surface area contributed by atoms with Crippen LogP contribution in [0.25, 0.3) is 0 Å². The third kappa shape index (κ3) is 3.65. The molecule has 0 spiro atoms. The predicted molar refractivity (Wildman–Crippen MR) is 72.5 cm³/mol. The Hall–Kier alpha value is -1.66. The first kappa shape index (κ1) is 13.8. The highest BCUT2D eigenvalue weighted by Gasteiger charge is 2.17. The minimum absolute atomic E-state index is 0.0254. The number of benzene rings is 1. The molecule has 1 aliphatic carbocycles. The molecule has 1 saturated carbocycles. The topological polar surface area (TPSA) is 90.4 Å². The number of nitro groups is 1. The lowest BCUT2D eigenvalue weighted by atomic mass is 9.83. The second-order valence-corrected chi connectivity index (χ2v) is 4.89. The maximum atomic E-state index is 10.9. The van der Waals surface area contributed by atoms with Gasteiger partial charge >= 0.3 is 0 Å². The first-order valence-corrected chi connectivity index (χ1v) is 6.52. The molecule has 104 valence electrons. The van der Waals surface area contributed by atoms with Crippen molar-refractivity contribution in [1.82, 2.24) is 0 Å². The summed E-state index contributed by atoms with van der Waals surface area (Å²) < 4.78 is 5.56. The zero-order chi connectivity index (χ0) is 13.7. The van der Waals surface area contributed by atoms with Gasteiger partial charge in [-0.15, -0.1) is 0 Å². The van der Waals surface area contributed by atoms with E-state index in [-0.39, 0.29) is 5.69 Å². The number of nitrogens with one attached hydrogen (secondary N) is 1. The maximum absolute atomic E-state index is 10.9. The van der Waals surface area contributed by atoms with Gasteiger partial charge in [0, 0.05) is 12.7 Å². The van der Waals surface area contributed by atoms with Gasteiger partial charge in [0.25, 0.3) is 5.69 Å². The summed E-state index contributed by atoms with van der Waals surface area (Å²) in [6.45, 7) is 1.12. The molecule has 2 rings (SSSR count). The molecule has 0 amide bonds. The summed E-state index contributed by atoms with van der Waals surface area (Å²) in [6, 6.07) is 4.88. The first-order chi connectivity index (χ1) is 9.20. The molecule has 6 heteroatoms. The van der Waals surface area contributed by atoms with Crippen LogP contribution in [0.2, 0.25) is 0 Å². The molecule has 0 saturated heterocycles. The Kier molecular flexibility index (Phi) is 4.70. The number of hydrogen-bond donors (Lipinski definition) is 2. The summed E-state index contributed by atoms with van der Waals surface area (Å²) in [7, 11) is 0. The van der Waals surface area contributed by atoms with E-state index in [4.69, 9.17) is 10.6 Å². The Labute approximate surface area is 112 Å². The van der Waals surface area contributed by atoms with Gasteiger partial charge in [-0.25, -0.2) is 0 Å². The lowest BCUT2D eigenvalue weighted by Crippen LogP contribution is -2.13. The molecular weight excluding hydrogens is 246 g/mol. The van der Waals surface area contributed by atoms with E-state index in [1.807, 2.05) is 0 Å². The monoisotopic (exact) mass is 265 g/mol. The number of anilines is 1. The predicted octanol–water partition coefficient (Wildman–Crippen LogP) is 2.59. The van der Waals surface area contributed by atoms with E-state index in [2.05, 4.69) is 5.43 Å². The van der Waals surface area contributed by atoms with Crippen molar-refractivity contribution in [2.45, 2.75) is 32.3 Å². The van der Waals surface area contributed by atoms with E-state index in [0.717, 1.165) is 24.5 Å². The second kappa shape index (κ2) is 6.49. The molecule has 1 aromatic carbocycles. The molecule has 19 heavy (non-hydrogen) atoms. The molecule has 0 atom stereocenters. The van der Waals surface area contributed by atoms with E-state index in [0.29, 0.717) is 12.3 Å². The molecule has 0 unspecified atom stereocenters. The third-order valence-corrected chi connectivity index (χ3v) is 3.58. The normalized spacial score (nSPS) is 15.0. The number of hydrazine groups is 1. The highest BCUT2D eigenvalue weighted by atomic mass is 16.6. The lowest BCUT2D eigenvalue weighted by Gasteiger charge is -2.24. The van der Waals surface area contributed by atoms with Crippen LogP contribution in [0.1, 0.15) is 31.2 Å². The van der Waals surface area contributed by atoms with E-state index >= 15 is 0 Å². The zero-order valence-electron chi connectivity index (χ0n) is 10.8. The summed E-state index contributed by atoms with van der Waals surface area (Å²) in [5, 5.41) is 10.9. The molecule has 0 bridgehead atoms. The molecule has 1 aliphatic rings. The fourth-order valence-corrected chi connectivity index (χ4v) is 2.16. The fourth-order valence-electron chi connectivity index (χ4n) is 2.16. The summed E-state index contributed by atoms with van der Waals surface area (Å²) in [4.78, 5) is 10.4. The Balaban J connectivity index is 1.85. The van der Waals surface area contributed by atoms with Crippen LogP contribution in [0.15, 0.2) is 18.2 Å². The molecule has 0 radical (unpaired) electrons. The van der Waals surface area contributed by atoms with Crippen LogP contribution in [0.4, 0.5) is 11.4 Å². The smallest absolute Gasteiger partial charge is 0.294 e. The SMILES string of the molecule is NNc1ccc(COCCC2CCC2)cc1[N+](=O)[O-]. The second-order valence-electron chi connectivity index (χ2n) is 4.89. The van der Waals surface area contributed by atoms with Crippen LogP contribution in [0.5, 0.6) is 0 Å². The molecule has 0 aromatic heterocycles. The number of ether oxygens (including phenoxy) is 1. The summed E-state index contributed by atoms with van der Waals surface area (Å²) in [6.07, 6.45) is 5.05. The highest BCUT2D eigenvalue weighted by molar-refractivity contribution is 5.61. The van der Waals surface area contributed by atoms with Crippen molar-refractivity contribution in [1.29, 1.82) is 0 Å². The van der Waals surface area contributed by atoms with Gasteiger partial charge in [-0.05, 0) is 24.0 Å². The van der Waals surface area contributed by atoms with Gasteiger partial charge in [-0.3, -0.25) is 16.0 Å². The van der Waals surface area contributed by atoms with E-state index in [1.54, 1.807) is 12.1 Å². The average Bonchev–Trinajstić information content (AvgIpc) is 2.36. The molecule has 3 N–H and O–H groups in total. The van der Waals surface area contributed by atoms with E-state index in [9.17, 15) is 10.1 Å². The quantitative estimate of drug-likeness (QED) is 0.342. The van der Waals surface area contributed by atoms with Gasteiger partial charge in [-0.1, -0.05) is 25.3 Å². The van der Waals surface area contributed by atoms with Crippen molar-refractivity contribution in [3.8, 4) is 0 Å². The zero-order valence-corrected chi connectivity index (χ0v) is 10.8. The number of nitrogens with two attached hydrogens (primary N) is 1. The Morgan fingerprint density at radius 1 is 1.47 bits per heavy atom. The fraction of sp³-hybridized carbons (Fsp3) is 0.538. The molecule has 0 heterocycles. The summed E-state index contributed by atoms with van der Waals surface area (Å²) in [5.74, 6) is 6.05. The van der Waals surface area contributed by atoms with Crippen molar-refractivity contribution in [2.75, 3.05) is 12.0 Å². The summed E-state index contributed by atoms with van der Waals surface area (Å²) >= 11 is 0. The van der Waals surface area contributed by atoms with Crippen molar-refractivity contribution in [2.24, 2.45) is 11.8 Å². The number of rotatable bonds is 7. The number of nitrogens with zero attached hydrogens (tertiary/aromatic N) is 1. The Bertz CT molecular complexity index is 447. The Morgan fingerprint density at radius 2 is 2.26 bits per heavy atom. The highest BCUT2D eigenvalue weighted by Crippen LogP contribution is 2.29. The number of nitro benzene ring substituents is 1. The number of nitrogen functional groups attached to an aromatic ring is 1. The van der Waals surface area contributed by atoms with Crippen molar-refractivity contribution in [3.63, 3.8) is 0 Å². The minimum Gasteiger partial charge on any atom is -0.377 e. The van der Waals surface area contributed by atoms with Crippen LogP contribution in [0, 0.1) is 16.0 Å². The van der Waals surface area contributed by atoms with Gasteiger partial charge in [-0.2, -0.15) is 0 Å². The van der Waals surface area contributed by atoms with Gasteiger partial charge in [0.1, 0.15) is 5.69 Å². The van der Waals surface area contributed by atoms with Gasteiger partial charge in [0.05, 0.1) is 11.5 Å². The molecule has 6 nitrogen and oxygen atoms in total. The standard InChI is InChI=1S/C13H19N3O3/c14-15-12-5-4-11(8-13(12)16(17)18)9-19-7-6-10-2-1-3-10/h4-5,8,10,15H,1-3,6-7,9,14H2. The molecular formula is C13H19N3O3. The maximum Gasteiger partial charge on any atom is 0.294 e. The van der Waals surface area contributed by atoms with Crippen LogP contribution in [0.3, 0.4) is 0 Å². The summed E-state index contributed by atoms with van der Waals surface area (Å²) in [5.41, 5.74) is 3.39. The van der Waals surface area contributed by atoms with Crippen molar-refractivity contribution < 1.29 is 9.66 Å². The number of hydrogen-bond acceptors (Lipinski definition) is 5. The van der Waals surface area contributed by atoms with Crippen molar-refractivity contribution in [3.05, 3.63) is 33.9 Å². The van der Waals surface area contributed by atoms with Crippen molar-refractivity contribution >= 4 is 11.4 Å². The molecule has 0 aliphatic heterocycles. The van der Waals surface area contributed by atoms with Crippen LogP contribution >= 0.6 is 0 Å². The average molecular weight is 265 g/mol. The van der Waals surface area contributed by atoms with Crippen LogP contribution in [-0.4, -0.2) is 11.5 Å². The van der Waals surface area contributed by atoms with Gasteiger partial charge in [0.15, 0.2) is 0 Å². The first-order valence-electron chi connectivity index (χ1n) is 6.52. The lowest BCUT2D eigenvalue weighted by molar-refractivity contribution is -0.384. The van der Waals surface area contributed by atoms with E-state index in [1.165, 1.54) is 25.3 Å². The molecule has 1 fully saturated rings. The third-order valence-electron chi connectivity index (χ3n) is 3.58. The van der Waals surface area contributed by atoms with Gasteiger partial charge < -0.3 is 10.2 Å². The van der Waals surface area contributed by atoms with Crippen LogP contribution in [-0.2, 0) is 11.3 Å². The molecule has 1 aromatic rings. The van der Waals surface area contributed by atoms with Crippen LogP contribution < -0.4 is 11.3 Å². The minimum atomic E-state index is -0.451. The Morgan fingerprint density at radius 3 is 2.84 bits per heavy atom.